The first-order valence-electron chi connectivity index (χ1n) is 8.41. The fourth-order valence-electron chi connectivity index (χ4n) is 3.70. The van der Waals surface area contributed by atoms with Gasteiger partial charge in [-0.05, 0) is 12.5 Å². The number of rotatable bonds is 5. The van der Waals surface area contributed by atoms with E-state index in [2.05, 4.69) is 15.0 Å². The molecule has 0 radical (unpaired) electrons. The quantitative estimate of drug-likeness (QED) is 0.761. The van der Waals surface area contributed by atoms with Gasteiger partial charge >= 0.3 is 0 Å². The maximum absolute atomic E-state index is 12.7. The van der Waals surface area contributed by atoms with Crippen LogP contribution in [0.2, 0.25) is 0 Å². The summed E-state index contributed by atoms with van der Waals surface area (Å²) in [6.07, 6.45) is 3.68. The minimum absolute atomic E-state index is 0.0607. The third-order valence-electron chi connectivity index (χ3n) is 5.25. The van der Waals surface area contributed by atoms with Crippen molar-refractivity contribution in [3.05, 3.63) is 36.8 Å². The third kappa shape index (κ3) is 2.76. The standard InChI is InChI=1S/C17H20N4O4S/c1-24-16-8-14(19-12-20-16)21-10-17(11-21)13(5-7-26(17,22)23)9-25-15-4-2-3-6-18-15/h2-4,6,8,12-13H,5,7,9-11H2,1H3/t13-/m1/s1. The fraction of sp³-hybridized carbons (Fsp3) is 0.471. The van der Waals surface area contributed by atoms with E-state index in [1.807, 2.05) is 17.0 Å². The molecule has 0 aliphatic carbocycles. The van der Waals surface area contributed by atoms with Gasteiger partial charge in [0.15, 0.2) is 9.84 Å². The Bertz CT molecular complexity index is 885. The lowest BCUT2D eigenvalue weighted by Crippen LogP contribution is -2.68. The molecule has 1 spiro atoms. The average Bonchev–Trinajstić information content (AvgIpc) is 2.90. The first-order chi connectivity index (χ1) is 12.5. The van der Waals surface area contributed by atoms with E-state index >= 15 is 0 Å². The van der Waals surface area contributed by atoms with Gasteiger partial charge in [-0.15, -0.1) is 0 Å². The van der Waals surface area contributed by atoms with Crippen molar-refractivity contribution in [3.63, 3.8) is 0 Å². The smallest absolute Gasteiger partial charge is 0.218 e. The topological polar surface area (TPSA) is 94.5 Å². The Morgan fingerprint density at radius 1 is 1.23 bits per heavy atom. The summed E-state index contributed by atoms with van der Waals surface area (Å²) < 4.78 is 35.6. The van der Waals surface area contributed by atoms with Crippen LogP contribution >= 0.6 is 0 Å². The van der Waals surface area contributed by atoms with Crippen molar-refractivity contribution in [1.29, 1.82) is 0 Å². The summed E-state index contributed by atoms with van der Waals surface area (Å²) in [4.78, 5) is 14.3. The maximum Gasteiger partial charge on any atom is 0.218 e. The largest absolute Gasteiger partial charge is 0.481 e. The third-order valence-corrected chi connectivity index (χ3v) is 7.85. The van der Waals surface area contributed by atoms with Crippen LogP contribution in [0.1, 0.15) is 6.42 Å². The van der Waals surface area contributed by atoms with Crippen LogP contribution < -0.4 is 14.4 Å². The second-order valence-electron chi connectivity index (χ2n) is 6.62. The normalized spacial score (nSPS) is 22.8. The summed E-state index contributed by atoms with van der Waals surface area (Å²) in [5, 5.41) is 0. The highest BCUT2D eigenvalue weighted by Gasteiger charge is 2.62. The van der Waals surface area contributed by atoms with E-state index in [-0.39, 0.29) is 11.7 Å². The summed E-state index contributed by atoms with van der Waals surface area (Å²) in [5.74, 6) is 1.79. The highest BCUT2D eigenvalue weighted by Crippen LogP contribution is 2.46. The Labute approximate surface area is 152 Å². The molecule has 2 saturated heterocycles. The van der Waals surface area contributed by atoms with E-state index in [9.17, 15) is 8.42 Å². The molecule has 0 aromatic carbocycles. The van der Waals surface area contributed by atoms with Crippen molar-refractivity contribution in [1.82, 2.24) is 15.0 Å². The van der Waals surface area contributed by atoms with Crippen molar-refractivity contribution in [2.24, 2.45) is 5.92 Å². The number of methoxy groups -OCH3 is 1. The molecule has 0 N–H and O–H groups in total. The second kappa shape index (κ2) is 6.39. The van der Waals surface area contributed by atoms with E-state index < -0.39 is 14.6 Å². The van der Waals surface area contributed by atoms with Crippen molar-refractivity contribution in [2.75, 3.05) is 37.5 Å². The number of pyridine rings is 1. The predicted molar refractivity (Wildman–Crippen MR) is 95.2 cm³/mol. The van der Waals surface area contributed by atoms with Gasteiger partial charge in [0.1, 0.15) is 16.9 Å². The van der Waals surface area contributed by atoms with Crippen LogP contribution in [0.5, 0.6) is 11.8 Å². The number of nitrogens with zero attached hydrogens (tertiary/aromatic N) is 4. The monoisotopic (exact) mass is 376 g/mol. The zero-order valence-electron chi connectivity index (χ0n) is 14.4. The molecule has 0 bridgehead atoms. The van der Waals surface area contributed by atoms with Crippen LogP contribution in [-0.2, 0) is 9.84 Å². The number of ether oxygens (including phenoxy) is 2. The molecule has 26 heavy (non-hydrogen) atoms. The maximum atomic E-state index is 12.7. The van der Waals surface area contributed by atoms with Gasteiger partial charge < -0.3 is 14.4 Å². The van der Waals surface area contributed by atoms with E-state index in [0.717, 1.165) is 0 Å². The summed E-state index contributed by atoms with van der Waals surface area (Å²) >= 11 is 0. The predicted octanol–water partition coefficient (Wildman–Crippen LogP) is 0.953. The molecular weight excluding hydrogens is 356 g/mol. The zero-order valence-corrected chi connectivity index (χ0v) is 15.2. The molecule has 1 atom stereocenters. The van der Waals surface area contributed by atoms with E-state index in [1.54, 1.807) is 18.3 Å². The van der Waals surface area contributed by atoms with E-state index in [1.165, 1.54) is 13.4 Å². The first-order valence-corrected chi connectivity index (χ1v) is 10.1. The van der Waals surface area contributed by atoms with Crippen LogP contribution in [0, 0.1) is 5.92 Å². The molecule has 8 nitrogen and oxygen atoms in total. The van der Waals surface area contributed by atoms with Crippen LogP contribution in [0.25, 0.3) is 0 Å². The molecule has 138 valence electrons. The van der Waals surface area contributed by atoms with Crippen LogP contribution in [-0.4, -0.2) is 60.7 Å². The molecular formula is C17H20N4O4S. The molecule has 2 aliphatic heterocycles. The SMILES string of the molecule is COc1cc(N2CC3(C2)[C@@H](COc2ccccn2)CCS3(=O)=O)ncn1. The van der Waals surface area contributed by atoms with E-state index in [0.29, 0.717) is 43.7 Å². The highest BCUT2D eigenvalue weighted by molar-refractivity contribution is 7.93. The Hall–Kier alpha value is -2.42. The molecule has 4 heterocycles. The van der Waals surface area contributed by atoms with Gasteiger partial charge in [-0.25, -0.2) is 23.4 Å². The summed E-state index contributed by atoms with van der Waals surface area (Å²) in [6.45, 7) is 1.16. The Morgan fingerprint density at radius 3 is 2.81 bits per heavy atom. The summed E-state index contributed by atoms with van der Waals surface area (Å²) in [7, 11) is -1.64. The number of hydrogen-bond acceptors (Lipinski definition) is 8. The van der Waals surface area contributed by atoms with Gasteiger partial charge in [0, 0.05) is 37.3 Å². The van der Waals surface area contributed by atoms with Crippen molar-refractivity contribution < 1.29 is 17.9 Å². The van der Waals surface area contributed by atoms with Gasteiger partial charge in [-0.2, -0.15) is 0 Å². The van der Waals surface area contributed by atoms with Gasteiger partial charge in [0.25, 0.3) is 0 Å². The lowest BCUT2D eigenvalue weighted by atomic mass is 9.83. The highest BCUT2D eigenvalue weighted by atomic mass is 32.2. The molecule has 9 heteroatoms. The first kappa shape index (κ1) is 17.0. The van der Waals surface area contributed by atoms with Crippen molar-refractivity contribution in [3.8, 4) is 11.8 Å². The Morgan fingerprint density at radius 2 is 2.08 bits per heavy atom. The van der Waals surface area contributed by atoms with Crippen molar-refractivity contribution >= 4 is 15.7 Å². The van der Waals surface area contributed by atoms with E-state index in [4.69, 9.17) is 9.47 Å². The minimum Gasteiger partial charge on any atom is -0.481 e. The molecule has 2 aliphatic rings. The van der Waals surface area contributed by atoms with Gasteiger partial charge in [-0.3, -0.25) is 0 Å². The zero-order chi connectivity index (χ0) is 18.2. The molecule has 2 fully saturated rings. The molecule has 4 rings (SSSR count). The number of hydrogen-bond donors (Lipinski definition) is 0. The average molecular weight is 376 g/mol. The summed E-state index contributed by atoms with van der Waals surface area (Å²) in [6, 6.07) is 7.15. The Kier molecular flexibility index (Phi) is 4.18. The molecule has 2 aromatic heterocycles. The molecule has 0 amide bonds. The van der Waals surface area contributed by atoms with Crippen LogP contribution in [0.15, 0.2) is 36.8 Å². The van der Waals surface area contributed by atoms with Crippen LogP contribution in [0.3, 0.4) is 0 Å². The lowest BCUT2D eigenvalue weighted by molar-refractivity contribution is 0.188. The lowest BCUT2D eigenvalue weighted by Gasteiger charge is -2.50. The molecule has 2 aromatic rings. The van der Waals surface area contributed by atoms with Crippen LogP contribution in [0.4, 0.5) is 5.82 Å². The van der Waals surface area contributed by atoms with Crippen molar-refractivity contribution in [2.45, 2.75) is 11.2 Å². The summed E-state index contributed by atoms with van der Waals surface area (Å²) in [5.41, 5.74) is 0. The van der Waals surface area contributed by atoms with Gasteiger partial charge in [0.05, 0.1) is 19.5 Å². The Balaban J connectivity index is 1.49. The minimum atomic E-state index is -3.18. The number of anilines is 1. The second-order valence-corrected chi connectivity index (χ2v) is 9.07. The van der Waals surface area contributed by atoms with Gasteiger partial charge in [-0.1, -0.05) is 6.07 Å². The fourth-order valence-corrected chi connectivity index (χ4v) is 6.10. The molecule has 0 unspecified atom stereocenters. The number of aromatic nitrogens is 3. The van der Waals surface area contributed by atoms with Gasteiger partial charge in [0.2, 0.25) is 11.8 Å². The molecule has 0 saturated carbocycles. The number of sulfone groups is 1.